The Morgan fingerprint density at radius 3 is 2.44 bits per heavy atom. The van der Waals surface area contributed by atoms with Crippen molar-refractivity contribution in [1.29, 1.82) is 0 Å². The number of aromatic hydroxyl groups is 1. The minimum atomic E-state index is -4.84. The number of phenolic OH excluding ortho intramolecular Hbond substituents is 1. The Balaban J connectivity index is 1.54. The number of hydrogen-bond acceptors (Lipinski definition) is 7. The van der Waals surface area contributed by atoms with Crippen LogP contribution in [0.4, 0.5) is 24.5 Å². The summed E-state index contributed by atoms with van der Waals surface area (Å²) in [5.41, 5.74) is 3.96. The number of rotatable bonds is 6. The van der Waals surface area contributed by atoms with Crippen LogP contribution in [-0.4, -0.2) is 39.9 Å². The number of aromatic carboxylic acids is 1. The molecule has 12 heteroatoms. The number of benzene rings is 3. The van der Waals surface area contributed by atoms with Crippen LogP contribution in [0.3, 0.4) is 0 Å². The number of carbonyl (C=O) groups excluding carboxylic acids is 1. The Kier molecular flexibility index (Phi) is 6.34. The van der Waals surface area contributed by atoms with Crippen molar-refractivity contribution in [3.63, 3.8) is 0 Å². The molecule has 3 aromatic carbocycles. The van der Waals surface area contributed by atoms with E-state index in [-0.39, 0.29) is 34.1 Å². The van der Waals surface area contributed by atoms with E-state index in [1.807, 2.05) is 0 Å². The zero-order valence-electron chi connectivity index (χ0n) is 18.4. The maximum Gasteiger partial charge on any atom is 0.573 e. The summed E-state index contributed by atoms with van der Waals surface area (Å²) in [5.74, 6) is -2.42. The number of hydrazone groups is 2. The number of amides is 1. The molecule has 0 aromatic heterocycles. The Morgan fingerprint density at radius 1 is 1.08 bits per heavy atom. The fourth-order valence-electron chi connectivity index (χ4n) is 3.39. The quantitative estimate of drug-likeness (QED) is 0.330. The molecule has 0 bridgehead atoms. The monoisotopic (exact) mass is 498 g/mol. The summed E-state index contributed by atoms with van der Waals surface area (Å²) >= 11 is 0. The van der Waals surface area contributed by atoms with Gasteiger partial charge in [0.05, 0.1) is 22.6 Å². The van der Waals surface area contributed by atoms with E-state index in [0.717, 1.165) is 17.1 Å². The van der Waals surface area contributed by atoms with Crippen LogP contribution in [0.2, 0.25) is 0 Å². The Hall–Kier alpha value is -4.87. The molecule has 0 unspecified atom stereocenters. The summed E-state index contributed by atoms with van der Waals surface area (Å²) in [5, 5.41) is 29.1. The molecule has 0 radical (unpaired) electrons. The van der Waals surface area contributed by atoms with E-state index in [9.17, 15) is 33.0 Å². The van der Waals surface area contributed by atoms with Crippen molar-refractivity contribution in [3.05, 3.63) is 72.3 Å². The molecule has 9 nitrogen and oxygen atoms in total. The highest BCUT2D eigenvalue weighted by Gasteiger charge is 2.33. The van der Waals surface area contributed by atoms with Gasteiger partial charge in [-0.2, -0.15) is 15.2 Å². The number of carbonyl (C=O) groups is 2. The Morgan fingerprint density at radius 2 is 1.78 bits per heavy atom. The van der Waals surface area contributed by atoms with E-state index in [0.29, 0.717) is 11.1 Å². The number of halogens is 3. The molecule has 0 saturated heterocycles. The van der Waals surface area contributed by atoms with Crippen molar-refractivity contribution < 1.29 is 37.7 Å². The van der Waals surface area contributed by atoms with Gasteiger partial charge in [0.1, 0.15) is 11.5 Å². The lowest BCUT2D eigenvalue weighted by Crippen LogP contribution is -2.28. The molecule has 36 heavy (non-hydrogen) atoms. The number of carboxylic acid groups (broad SMARTS) is 1. The number of nitrogens with one attached hydrogen (secondary N) is 1. The summed E-state index contributed by atoms with van der Waals surface area (Å²) in [7, 11) is 0. The smallest absolute Gasteiger partial charge is 0.505 e. The molecular weight excluding hydrogens is 481 g/mol. The van der Waals surface area contributed by atoms with Crippen LogP contribution in [0.25, 0.3) is 11.1 Å². The van der Waals surface area contributed by atoms with Crippen LogP contribution in [0.1, 0.15) is 17.3 Å². The molecule has 0 atom stereocenters. The predicted molar refractivity (Wildman–Crippen MR) is 125 cm³/mol. The van der Waals surface area contributed by atoms with Crippen molar-refractivity contribution in [2.45, 2.75) is 13.3 Å². The third-order valence-corrected chi connectivity index (χ3v) is 5.05. The van der Waals surface area contributed by atoms with Gasteiger partial charge >= 0.3 is 18.2 Å². The minimum absolute atomic E-state index is 0.0481. The van der Waals surface area contributed by atoms with Gasteiger partial charge in [0.2, 0.25) is 0 Å². The standard InChI is InChI=1S/C24H17F3N4O5/c1-13-20(22(33)31(30-13)16-8-10-17(11-9-16)36-24(25,26)27)29-28-19-7-3-6-18(21(19)32)14-4-2-5-15(12-14)23(34)35/h2-12,28,32H,1H3,(H,34,35)/b29-20-. The van der Waals surface area contributed by atoms with Crippen molar-refractivity contribution >= 4 is 34.7 Å². The normalized spacial score (nSPS) is 14.7. The first kappa shape index (κ1) is 24.3. The minimum Gasteiger partial charge on any atom is -0.505 e. The van der Waals surface area contributed by atoms with Crippen molar-refractivity contribution in [3.8, 4) is 22.6 Å². The van der Waals surface area contributed by atoms with Gasteiger partial charge in [-0.1, -0.05) is 24.3 Å². The van der Waals surface area contributed by atoms with Crippen LogP contribution >= 0.6 is 0 Å². The highest BCUT2D eigenvalue weighted by atomic mass is 19.4. The van der Waals surface area contributed by atoms with Crippen LogP contribution in [0, 0.1) is 0 Å². The number of nitrogens with zero attached hydrogens (tertiary/aromatic N) is 3. The van der Waals surface area contributed by atoms with Crippen LogP contribution in [-0.2, 0) is 4.79 Å². The second kappa shape index (κ2) is 9.41. The second-order valence-corrected chi connectivity index (χ2v) is 7.50. The first-order valence-electron chi connectivity index (χ1n) is 10.3. The van der Waals surface area contributed by atoms with Crippen LogP contribution in [0.15, 0.2) is 76.9 Å². The zero-order chi connectivity index (χ0) is 26.0. The number of alkyl halides is 3. The number of carboxylic acids is 1. The molecule has 1 aliphatic heterocycles. The molecule has 3 aromatic rings. The molecule has 0 aliphatic carbocycles. The van der Waals surface area contributed by atoms with E-state index < -0.39 is 24.0 Å². The van der Waals surface area contributed by atoms with Crippen LogP contribution in [0.5, 0.6) is 11.5 Å². The SMILES string of the molecule is CC1=NN(c2ccc(OC(F)(F)F)cc2)C(=O)/C1=N\Nc1cccc(-c2cccc(C(=O)O)c2)c1O. The molecule has 4 rings (SSSR count). The van der Waals surface area contributed by atoms with Gasteiger partial charge in [-0.15, -0.1) is 13.2 Å². The number of hydrogen-bond donors (Lipinski definition) is 3. The third-order valence-electron chi connectivity index (χ3n) is 5.05. The summed E-state index contributed by atoms with van der Waals surface area (Å²) < 4.78 is 40.9. The summed E-state index contributed by atoms with van der Waals surface area (Å²) in [4.78, 5) is 24.1. The van der Waals surface area contributed by atoms with E-state index >= 15 is 0 Å². The lowest BCUT2D eigenvalue weighted by Gasteiger charge is -2.13. The second-order valence-electron chi connectivity index (χ2n) is 7.50. The third kappa shape index (κ3) is 5.12. The molecular formula is C24H17F3N4O5. The Labute approximate surface area is 201 Å². The number of phenols is 1. The van der Waals surface area contributed by atoms with Gasteiger partial charge in [0.15, 0.2) is 5.71 Å². The van der Waals surface area contributed by atoms with Crippen molar-refractivity contribution in [1.82, 2.24) is 0 Å². The van der Waals surface area contributed by atoms with Gasteiger partial charge in [-0.05, 0) is 55.0 Å². The highest BCUT2D eigenvalue weighted by Crippen LogP contribution is 2.36. The maximum absolute atomic E-state index is 12.8. The maximum atomic E-state index is 12.8. The number of ether oxygens (including phenoxy) is 1. The van der Waals surface area contributed by atoms with Gasteiger partial charge in [0, 0.05) is 5.56 Å². The lowest BCUT2D eigenvalue weighted by molar-refractivity contribution is -0.274. The molecule has 1 heterocycles. The first-order chi connectivity index (χ1) is 17.0. The van der Waals surface area contributed by atoms with Gasteiger partial charge in [-0.3, -0.25) is 10.2 Å². The zero-order valence-corrected chi connectivity index (χ0v) is 18.4. The summed E-state index contributed by atoms with van der Waals surface area (Å²) in [6.07, 6.45) is -4.84. The van der Waals surface area contributed by atoms with Crippen molar-refractivity contribution in [2.24, 2.45) is 10.2 Å². The first-order valence-corrected chi connectivity index (χ1v) is 10.3. The van der Waals surface area contributed by atoms with E-state index in [4.69, 9.17) is 0 Å². The highest BCUT2D eigenvalue weighted by molar-refractivity contribution is 6.71. The molecule has 1 amide bonds. The molecule has 184 valence electrons. The topological polar surface area (TPSA) is 124 Å². The molecule has 0 spiro atoms. The van der Waals surface area contributed by atoms with Gasteiger partial charge in [-0.25, -0.2) is 4.79 Å². The average molecular weight is 498 g/mol. The van der Waals surface area contributed by atoms with E-state index in [2.05, 4.69) is 20.4 Å². The predicted octanol–water partition coefficient (Wildman–Crippen LogP) is 4.85. The summed E-state index contributed by atoms with van der Waals surface area (Å²) in [6.45, 7) is 1.52. The van der Waals surface area contributed by atoms with Gasteiger partial charge in [0.25, 0.3) is 0 Å². The van der Waals surface area contributed by atoms with E-state index in [1.165, 1.54) is 37.3 Å². The molecule has 3 N–H and O–H groups in total. The largest absolute Gasteiger partial charge is 0.573 e. The van der Waals surface area contributed by atoms with E-state index in [1.54, 1.807) is 24.3 Å². The number of anilines is 2. The van der Waals surface area contributed by atoms with Crippen molar-refractivity contribution in [2.75, 3.05) is 10.4 Å². The number of para-hydroxylation sites is 1. The average Bonchev–Trinajstić information content (AvgIpc) is 3.11. The molecule has 0 fully saturated rings. The van der Waals surface area contributed by atoms with Gasteiger partial charge < -0.3 is 14.9 Å². The van der Waals surface area contributed by atoms with Crippen LogP contribution < -0.4 is 15.2 Å². The fourth-order valence-corrected chi connectivity index (χ4v) is 3.39. The Bertz CT molecular complexity index is 1400. The lowest BCUT2D eigenvalue weighted by atomic mass is 10.0. The fraction of sp³-hybridized carbons (Fsp3) is 0.0833. The summed E-state index contributed by atoms with van der Waals surface area (Å²) in [6, 6.07) is 15.3. The molecule has 1 aliphatic rings. The molecule has 0 saturated carbocycles.